The minimum atomic E-state index is -3.61. The molecule has 29 nitrogen and oxygen atoms in total. The number of sulfonamides is 3. The number of aryl methyl sites for hydroxylation is 1. The maximum absolute atomic E-state index is 12.6. The summed E-state index contributed by atoms with van der Waals surface area (Å²) in [7, 11) is -17.1. The fourth-order valence-corrected chi connectivity index (χ4v) is 22.5. The lowest BCUT2D eigenvalue weighted by molar-refractivity contribution is -0.0205. The highest BCUT2D eigenvalue weighted by atomic mass is 32.2. The van der Waals surface area contributed by atoms with Crippen molar-refractivity contribution in [3.8, 4) is 23.0 Å². The SMILES string of the molecule is CC(C)CS(=O)(=O)CC1CC(C2=CB(O)Oc3cnc4[nH]ccc4c32)C1.CCCS(=O)(=O)NC1CC(C2=C(C)B(O)Oc3cnc4[nH]ccc4c32)C1.Cc1ccc(S(=O)(=O)NC2CC(C3=CB(O)Oc4cnc5[nH]ccc5c43)C2)cn1.O=S(=O)(CC1COC1)NC1CC(C2=CB(O)Oc3cnc4[nH]ccc4c32)C1. The number of ether oxygens (including phenoxy) is 1. The quantitative estimate of drug-likeness (QED) is 0.0369. The highest BCUT2D eigenvalue weighted by Gasteiger charge is 2.45. The lowest BCUT2D eigenvalue weighted by Crippen LogP contribution is -2.48. The fourth-order valence-electron chi connectivity index (χ4n) is 16.2. The van der Waals surface area contributed by atoms with Crippen molar-refractivity contribution in [2.75, 3.05) is 36.2 Å². The number of hydrogen-bond acceptors (Lipinski definition) is 22. The van der Waals surface area contributed by atoms with E-state index in [2.05, 4.69) is 59.0 Å². The second kappa shape index (κ2) is 30.2. The average molecular weight is 1550 g/mol. The largest absolute Gasteiger partial charge is 0.555 e. The summed E-state index contributed by atoms with van der Waals surface area (Å²) in [5.74, 6) is 9.38. The molecular weight excluding hydrogens is 1460 g/mol. The van der Waals surface area contributed by atoms with E-state index >= 15 is 0 Å². The Bertz CT molecular complexity index is 5520. The van der Waals surface area contributed by atoms with Gasteiger partial charge in [0.1, 0.15) is 50.5 Å². The van der Waals surface area contributed by atoms with Gasteiger partial charge in [0.2, 0.25) is 30.1 Å². The van der Waals surface area contributed by atoms with Crippen LogP contribution in [-0.4, -0.2) is 181 Å². The Balaban J connectivity index is 0.000000115. The molecule has 1 saturated heterocycles. The molecule has 5 fully saturated rings. The molecule has 566 valence electrons. The standard InChI is InChI=1S/C19H19BN4O4S.C18H23BN2O4S.C17H20BN3O5S.C17H22BN3O4S/c1-11-2-3-14(9-22-11)29(26,27)24-13-6-12(7-13)16-8-20(25)28-17-10-23-19-15(18(16)17)4-5-21-19;1-11(2)9-26(23,24)10-12-5-13(6-12)15-7-19(22)25-16-8-21-18-14(17(15)16)3-4-20-18;22-18-5-14(16-13-1-2-19-17(13)20-6-15(16)26-18)11-3-12(4-11)21-27(23,24)9-10-7-25-8-10;1-3-6-26(23,24)21-12-7-11(8-12)15-10(2)18(22)25-14-9-20-17-13(16(14)15)4-5-19-17/h2-5,8-10,12-13,24-25H,6-7H2,1H3,(H,21,23);3-4,7-8,11-13,22H,5-6,9-10H2,1-2H3,(H,20,21);1-2,5-6,10-12,21-22H,3-4,7-9H2,(H,19,20);4-5,9,11-12,21-22H,3,6-8H2,1-2H3,(H,19,20). The molecule has 9 aromatic heterocycles. The van der Waals surface area contributed by atoms with E-state index in [-0.39, 0.29) is 87.5 Å². The van der Waals surface area contributed by atoms with Crippen LogP contribution in [0.3, 0.4) is 0 Å². The average Bonchev–Trinajstić information content (AvgIpc) is 1.20. The van der Waals surface area contributed by atoms with Crippen molar-refractivity contribution in [1.82, 2.24) is 59.0 Å². The summed E-state index contributed by atoms with van der Waals surface area (Å²) in [6.45, 7) is 10.5. The van der Waals surface area contributed by atoms with E-state index in [0.29, 0.717) is 68.3 Å². The molecule has 108 heavy (non-hydrogen) atoms. The first kappa shape index (κ1) is 75.2. The van der Waals surface area contributed by atoms with Gasteiger partial charge < -0.3 is 63.4 Å². The van der Waals surface area contributed by atoms with Gasteiger partial charge in [0.15, 0.2) is 9.84 Å². The van der Waals surface area contributed by atoms with Gasteiger partial charge in [-0.2, -0.15) is 0 Å². The van der Waals surface area contributed by atoms with Crippen molar-refractivity contribution >= 4 is 135 Å². The van der Waals surface area contributed by atoms with Gasteiger partial charge in [-0.1, -0.05) is 20.8 Å². The number of H-pyrrole nitrogens is 4. The molecule has 0 unspecified atom stereocenters. The van der Waals surface area contributed by atoms with Crippen LogP contribution in [0.2, 0.25) is 0 Å². The van der Waals surface area contributed by atoms with E-state index in [0.717, 1.165) is 126 Å². The third-order valence-corrected chi connectivity index (χ3v) is 28.3. The number of allylic oxidation sites excluding steroid dienone is 5. The second-order valence-electron chi connectivity index (χ2n) is 30.0. The third-order valence-electron chi connectivity index (χ3n) is 21.4. The molecule has 4 aliphatic carbocycles. The van der Waals surface area contributed by atoms with Crippen molar-refractivity contribution < 1.29 is 77.1 Å². The molecule has 4 saturated carbocycles. The normalized spacial score (nSPS) is 23.1. The van der Waals surface area contributed by atoms with Crippen molar-refractivity contribution in [1.29, 1.82) is 0 Å². The van der Waals surface area contributed by atoms with Gasteiger partial charge in [0, 0.05) is 105 Å². The lowest BCUT2D eigenvalue weighted by atomic mass is 9.64. The van der Waals surface area contributed by atoms with E-state index in [1.807, 2.05) is 83.7 Å². The summed E-state index contributed by atoms with van der Waals surface area (Å²) in [4.78, 5) is 33.9. The topological polar surface area (TPSA) is 427 Å². The Labute approximate surface area is 626 Å². The van der Waals surface area contributed by atoms with Gasteiger partial charge in [-0.25, -0.2) is 67.8 Å². The molecule has 37 heteroatoms. The molecule has 0 spiro atoms. The Morgan fingerprint density at radius 1 is 0.491 bits per heavy atom. The van der Waals surface area contributed by atoms with E-state index in [4.69, 9.17) is 23.4 Å². The van der Waals surface area contributed by atoms with E-state index in [9.17, 15) is 53.8 Å². The van der Waals surface area contributed by atoms with Crippen LogP contribution in [0.15, 0.2) is 120 Å². The molecule has 14 heterocycles. The van der Waals surface area contributed by atoms with Gasteiger partial charge in [-0.3, -0.25) is 4.98 Å². The number of nitrogens with zero attached hydrogens (tertiary/aromatic N) is 5. The van der Waals surface area contributed by atoms with Gasteiger partial charge >= 0.3 is 28.5 Å². The zero-order valence-corrected chi connectivity index (χ0v) is 63.3. The van der Waals surface area contributed by atoms with Crippen LogP contribution in [0.25, 0.3) is 66.4 Å². The summed E-state index contributed by atoms with van der Waals surface area (Å²) in [6, 6.07) is 10.7. The number of pyridine rings is 5. The zero-order valence-electron chi connectivity index (χ0n) is 60.0. The zero-order chi connectivity index (χ0) is 75.7. The van der Waals surface area contributed by atoms with Gasteiger partial charge in [-0.15, -0.1) is 0 Å². The molecule has 0 bridgehead atoms. The number of rotatable bonds is 19. The van der Waals surface area contributed by atoms with Crippen LogP contribution in [0, 0.1) is 48.3 Å². The van der Waals surface area contributed by atoms with Crippen LogP contribution in [-0.2, 0) is 44.6 Å². The summed E-state index contributed by atoms with van der Waals surface area (Å²) in [6.07, 6.45) is 21.5. The summed E-state index contributed by atoms with van der Waals surface area (Å²) >= 11 is 0. The highest BCUT2D eigenvalue weighted by Crippen LogP contribution is 2.52. The first-order valence-corrected chi connectivity index (χ1v) is 43.0. The highest BCUT2D eigenvalue weighted by molar-refractivity contribution is 7.91. The number of hydrogen-bond donors (Lipinski definition) is 11. The van der Waals surface area contributed by atoms with Crippen molar-refractivity contribution in [3.05, 3.63) is 144 Å². The summed E-state index contributed by atoms with van der Waals surface area (Å²) in [5, 5.41) is 44.3. The Morgan fingerprint density at radius 2 is 0.907 bits per heavy atom. The molecule has 9 aromatic rings. The number of fused-ring (bicyclic) bond motifs is 12. The van der Waals surface area contributed by atoms with Gasteiger partial charge in [0.05, 0.1) is 61.0 Å². The van der Waals surface area contributed by atoms with Crippen LogP contribution in [0.1, 0.15) is 113 Å². The predicted molar refractivity (Wildman–Crippen MR) is 412 cm³/mol. The summed E-state index contributed by atoms with van der Waals surface area (Å²) in [5.41, 5.74) is 12.5. The van der Waals surface area contributed by atoms with E-state index < -0.39 is 68.4 Å². The van der Waals surface area contributed by atoms with Crippen molar-refractivity contribution in [3.63, 3.8) is 0 Å². The fraction of sp³-hybridized carbons (Fsp3) is 0.423. The Morgan fingerprint density at radius 3 is 1.32 bits per heavy atom. The molecule has 0 atom stereocenters. The van der Waals surface area contributed by atoms with Crippen molar-refractivity contribution in [2.45, 2.75) is 115 Å². The number of nitrogens with one attached hydrogen (secondary N) is 7. The third kappa shape index (κ3) is 15.9. The lowest BCUT2D eigenvalue weighted by Gasteiger charge is -2.40. The van der Waals surface area contributed by atoms with Gasteiger partial charge in [-0.05, 0) is 189 Å². The molecule has 0 radical (unpaired) electrons. The smallest absolute Gasteiger partial charge is 0.531 e. The molecule has 11 N–H and O–H groups in total. The Kier molecular flexibility index (Phi) is 21.1. The maximum Gasteiger partial charge on any atom is 0.555 e. The van der Waals surface area contributed by atoms with Crippen LogP contribution in [0.4, 0.5) is 0 Å². The van der Waals surface area contributed by atoms with Crippen molar-refractivity contribution in [2.24, 2.45) is 41.4 Å². The molecule has 5 aliphatic heterocycles. The monoisotopic (exact) mass is 1550 g/mol. The Hall–Kier alpha value is -8.19. The van der Waals surface area contributed by atoms with Crippen LogP contribution in [0.5, 0.6) is 23.0 Å². The molecule has 18 rings (SSSR count). The minimum absolute atomic E-state index is 0.0520. The van der Waals surface area contributed by atoms with Crippen LogP contribution < -0.4 is 32.8 Å². The molecule has 0 amide bonds. The second-order valence-corrected chi connectivity index (χ2v) is 37.5. The predicted octanol–water partition coefficient (Wildman–Crippen LogP) is 6.83. The number of sulfone groups is 1. The summed E-state index contributed by atoms with van der Waals surface area (Å²) < 4.78 is 134. The molecular formula is C71H84B4N12O17S4. The maximum atomic E-state index is 12.6. The number of aromatic nitrogens is 9. The first-order chi connectivity index (χ1) is 51.6. The molecule has 0 aromatic carbocycles. The number of aromatic amines is 4. The first-order valence-electron chi connectivity index (χ1n) is 36.4. The van der Waals surface area contributed by atoms with E-state index in [1.54, 1.807) is 54.8 Å². The van der Waals surface area contributed by atoms with Gasteiger partial charge in [0.25, 0.3) is 0 Å². The van der Waals surface area contributed by atoms with E-state index in [1.165, 1.54) is 6.20 Å². The molecule has 9 aliphatic rings. The van der Waals surface area contributed by atoms with Crippen LogP contribution >= 0.6 is 0 Å². The minimum Gasteiger partial charge on any atom is -0.531 e.